The van der Waals surface area contributed by atoms with Crippen molar-refractivity contribution in [1.29, 1.82) is 0 Å². The largest absolute Gasteiger partial charge is 0.493 e. The van der Waals surface area contributed by atoms with E-state index in [0.717, 1.165) is 31.4 Å². The number of ether oxygens (including phenoxy) is 1. The molecule has 9 heteroatoms. The standard InChI is InChI=1S/C23H28ClN3O4.C7H11N/c1-4-30-20-9-8-17(24)11-18(20)23-26-12-21(31-23)15-6-5-7-16(10-15)22(29)27-19(13-28)14(2)25-3;1-8-7-5-3-2-4-6-7/h8-9,11-13,15-16,25H,4-7,10H2,1-3H3,(H,27,29);2-5,7-8H,6H2,1H3/b19-14+;. The fourth-order valence-corrected chi connectivity index (χ4v) is 4.78. The summed E-state index contributed by atoms with van der Waals surface area (Å²) in [6, 6.07) is 5.91. The number of aldehydes is 1. The normalized spacial score (nSPS) is 20.8. The Morgan fingerprint density at radius 1 is 1.26 bits per heavy atom. The van der Waals surface area contributed by atoms with Gasteiger partial charge in [-0.15, -0.1) is 0 Å². The third-order valence-corrected chi connectivity index (χ3v) is 7.18. The summed E-state index contributed by atoms with van der Waals surface area (Å²) in [6.45, 7) is 4.18. The Hall–Kier alpha value is -3.36. The third-order valence-electron chi connectivity index (χ3n) is 6.95. The lowest BCUT2D eigenvalue weighted by atomic mass is 9.80. The predicted molar refractivity (Wildman–Crippen MR) is 155 cm³/mol. The summed E-state index contributed by atoms with van der Waals surface area (Å²) in [5.41, 5.74) is 1.59. The van der Waals surface area contributed by atoms with Gasteiger partial charge in [0.1, 0.15) is 11.5 Å². The minimum Gasteiger partial charge on any atom is -0.493 e. The van der Waals surface area contributed by atoms with Gasteiger partial charge in [-0.25, -0.2) is 4.98 Å². The SMILES string of the molecule is CCOc1ccc(Cl)cc1-c1ncc(C2CCCC(C(=O)N/C(C=O)=C(\C)NC)C2)o1.CNC1C=CC=CC1. The van der Waals surface area contributed by atoms with E-state index < -0.39 is 0 Å². The molecule has 1 aromatic carbocycles. The molecule has 2 aliphatic carbocycles. The van der Waals surface area contributed by atoms with Gasteiger partial charge in [0.05, 0.1) is 24.1 Å². The summed E-state index contributed by atoms with van der Waals surface area (Å²) < 4.78 is 11.8. The summed E-state index contributed by atoms with van der Waals surface area (Å²) in [6.07, 6.45) is 15.2. The van der Waals surface area contributed by atoms with E-state index in [0.29, 0.717) is 53.3 Å². The molecular weight excluding hydrogens is 516 g/mol. The van der Waals surface area contributed by atoms with Crippen molar-refractivity contribution in [2.75, 3.05) is 20.7 Å². The molecule has 8 nitrogen and oxygen atoms in total. The Balaban J connectivity index is 0.000000449. The van der Waals surface area contributed by atoms with Gasteiger partial charge in [0, 0.05) is 35.6 Å². The average Bonchev–Trinajstić information content (AvgIpc) is 3.47. The number of aromatic nitrogens is 1. The van der Waals surface area contributed by atoms with Gasteiger partial charge in [-0.05, 0) is 64.8 Å². The maximum absolute atomic E-state index is 12.7. The van der Waals surface area contributed by atoms with Gasteiger partial charge in [0.2, 0.25) is 11.8 Å². The summed E-state index contributed by atoms with van der Waals surface area (Å²) in [7, 11) is 3.69. The van der Waals surface area contributed by atoms with Crippen molar-refractivity contribution in [2.24, 2.45) is 5.92 Å². The lowest BCUT2D eigenvalue weighted by Gasteiger charge is -2.27. The lowest BCUT2D eigenvalue weighted by Crippen LogP contribution is -2.34. The number of nitrogens with one attached hydrogen (secondary N) is 3. The van der Waals surface area contributed by atoms with Crippen LogP contribution >= 0.6 is 11.6 Å². The van der Waals surface area contributed by atoms with Crippen LogP contribution in [0.3, 0.4) is 0 Å². The van der Waals surface area contributed by atoms with Crippen LogP contribution in [-0.2, 0) is 9.59 Å². The first-order chi connectivity index (χ1) is 18.9. The minimum absolute atomic E-state index is 0.0783. The summed E-state index contributed by atoms with van der Waals surface area (Å²) in [5.74, 6) is 1.59. The van der Waals surface area contributed by atoms with Gasteiger partial charge in [-0.1, -0.05) is 42.3 Å². The molecular formula is C30H39ClN4O4. The zero-order valence-electron chi connectivity index (χ0n) is 23.1. The Morgan fingerprint density at radius 2 is 2.08 bits per heavy atom. The highest BCUT2D eigenvalue weighted by atomic mass is 35.5. The number of amides is 1. The fraction of sp³-hybridized carbons (Fsp3) is 0.433. The molecule has 1 saturated carbocycles. The molecule has 0 aliphatic heterocycles. The van der Waals surface area contributed by atoms with Gasteiger partial charge < -0.3 is 25.1 Å². The second-order valence-corrected chi connectivity index (χ2v) is 9.98. The number of benzene rings is 1. The van der Waals surface area contributed by atoms with E-state index in [-0.39, 0.29) is 23.4 Å². The van der Waals surface area contributed by atoms with E-state index in [2.05, 4.69) is 45.2 Å². The molecule has 3 unspecified atom stereocenters. The maximum Gasteiger partial charge on any atom is 0.230 e. The van der Waals surface area contributed by atoms with Gasteiger partial charge in [-0.2, -0.15) is 0 Å². The van der Waals surface area contributed by atoms with Crippen LogP contribution in [-0.4, -0.2) is 43.9 Å². The molecule has 4 rings (SSSR count). The van der Waals surface area contributed by atoms with Crippen molar-refractivity contribution in [3.05, 3.63) is 70.9 Å². The van der Waals surface area contributed by atoms with Crippen molar-refractivity contribution >= 4 is 23.8 Å². The lowest BCUT2D eigenvalue weighted by molar-refractivity contribution is -0.126. The second kappa shape index (κ2) is 15.3. The third kappa shape index (κ3) is 8.57. The zero-order valence-corrected chi connectivity index (χ0v) is 23.9. The summed E-state index contributed by atoms with van der Waals surface area (Å²) >= 11 is 6.16. The average molecular weight is 555 g/mol. The highest BCUT2D eigenvalue weighted by molar-refractivity contribution is 6.30. The van der Waals surface area contributed by atoms with Gasteiger partial charge in [0.25, 0.3) is 0 Å². The Labute approximate surface area is 235 Å². The van der Waals surface area contributed by atoms with Gasteiger partial charge >= 0.3 is 0 Å². The highest BCUT2D eigenvalue weighted by Crippen LogP contribution is 2.39. The molecule has 0 spiro atoms. The quantitative estimate of drug-likeness (QED) is 0.277. The molecule has 3 atom stereocenters. The number of likely N-dealkylation sites (N-methyl/N-ethyl adjacent to an activating group) is 1. The van der Waals surface area contributed by atoms with Gasteiger partial charge in [0.15, 0.2) is 6.29 Å². The monoisotopic (exact) mass is 554 g/mol. The van der Waals surface area contributed by atoms with E-state index >= 15 is 0 Å². The van der Waals surface area contributed by atoms with E-state index in [1.807, 2.05) is 14.0 Å². The number of carbonyl (C=O) groups excluding carboxylic acids is 2. The summed E-state index contributed by atoms with van der Waals surface area (Å²) in [4.78, 5) is 28.5. The van der Waals surface area contributed by atoms with Crippen molar-refractivity contribution in [2.45, 2.75) is 57.9 Å². The van der Waals surface area contributed by atoms with Crippen molar-refractivity contribution in [3.8, 4) is 17.2 Å². The first-order valence-electron chi connectivity index (χ1n) is 13.4. The molecule has 2 aliphatic rings. The number of rotatable bonds is 9. The van der Waals surface area contributed by atoms with Crippen molar-refractivity contribution in [1.82, 2.24) is 20.9 Å². The number of oxazole rings is 1. The second-order valence-electron chi connectivity index (χ2n) is 9.54. The Morgan fingerprint density at radius 3 is 2.72 bits per heavy atom. The van der Waals surface area contributed by atoms with Crippen LogP contribution < -0.4 is 20.7 Å². The summed E-state index contributed by atoms with van der Waals surface area (Å²) in [5, 5.41) is 9.37. The first-order valence-corrected chi connectivity index (χ1v) is 13.8. The molecule has 0 radical (unpaired) electrons. The number of carbonyl (C=O) groups is 2. The molecule has 210 valence electrons. The maximum atomic E-state index is 12.7. The fourth-order valence-electron chi connectivity index (χ4n) is 4.61. The van der Waals surface area contributed by atoms with Crippen LogP contribution in [0.15, 0.2) is 64.5 Å². The van der Waals surface area contributed by atoms with Crippen LogP contribution in [0, 0.1) is 5.92 Å². The van der Waals surface area contributed by atoms with Crippen LogP contribution in [0.1, 0.15) is 57.6 Å². The van der Waals surface area contributed by atoms with Gasteiger partial charge in [-0.3, -0.25) is 9.59 Å². The van der Waals surface area contributed by atoms with E-state index in [1.54, 1.807) is 38.4 Å². The number of halogens is 1. The molecule has 2 aromatic rings. The number of hydrogen-bond donors (Lipinski definition) is 3. The Kier molecular flexibility index (Phi) is 11.8. The number of nitrogens with zero attached hydrogens (tertiary/aromatic N) is 1. The zero-order chi connectivity index (χ0) is 28.2. The topological polar surface area (TPSA) is 105 Å². The molecule has 0 bridgehead atoms. The first kappa shape index (κ1) is 30.2. The predicted octanol–water partition coefficient (Wildman–Crippen LogP) is 5.52. The Bertz CT molecular complexity index is 1200. The smallest absolute Gasteiger partial charge is 0.230 e. The van der Waals surface area contributed by atoms with E-state index in [4.69, 9.17) is 20.8 Å². The van der Waals surface area contributed by atoms with E-state index in [9.17, 15) is 9.59 Å². The molecule has 1 amide bonds. The van der Waals surface area contributed by atoms with Crippen LogP contribution in [0.5, 0.6) is 5.75 Å². The number of hydrogen-bond acceptors (Lipinski definition) is 7. The van der Waals surface area contributed by atoms with Crippen molar-refractivity contribution in [3.63, 3.8) is 0 Å². The van der Waals surface area contributed by atoms with Crippen LogP contribution in [0.4, 0.5) is 0 Å². The highest BCUT2D eigenvalue weighted by Gasteiger charge is 2.31. The molecule has 39 heavy (non-hydrogen) atoms. The molecule has 1 fully saturated rings. The van der Waals surface area contributed by atoms with Crippen LogP contribution in [0.2, 0.25) is 5.02 Å². The molecule has 1 aromatic heterocycles. The number of allylic oxidation sites excluding steroid dienone is 4. The molecule has 3 N–H and O–H groups in total. The molecule has 1 heterocycles. The van der Waals surface area contributed by atoms with Crippen LogP contribution in [0.25, 0.3) is 11.5 Å². The minimum atomic E-state index is -0.197. The molecule has 0 saturated heterocycles. The van der Waals surface area contributed by atoms with E-state index in [1.165, 1.54) is 0 Å². The van der Waals surface area contributed by atoms with Crippen molar-refractivity contribution < 1.29 is 18.7 Å².